The molecule has 3 N–H and O–H groups in total. The zero-order valence-electron chi connectivity index (χ0n) is 16.7. The van der Waals surface area contributed by atoms with Crippen molar-refractivity contribution in [1.29, 1.82) is 0 Å². The van der Waals surface area contributed by atoms with Crippen LogP contribution in [0.2, 0.25) is 5.02 Å². The Kier molecular flexibility index (Phi) is 4.69. The van der Waals surface area contributed by atoms with Gasteiger partial charge in [-0.2, -0.15) is 0 Å². The first-order valence-corrected chi connectivity index (χ1v) is 11.0. The lowest BCUT2D eigenvalue weighted by atomic mass is 9.92. The van der Waals surface area contributed by atoms with E-state index in [1.165, 1.54) is 0 Å². The molecule has 2 saturated heterocycles. The van der Waals surface area contributed by atoms with Crippen LogP contribution in [0.15, 0.2) is 42.6 Å². The number of rotatable bonds is 5. The molecule has 7 heteroatoms. The molecule has 3 atom stereocenters. The molecule has 156 valence electrons. The Balaban J connectivity index is 1.27. The number of hydrogen-bond donors (Lipinski definition) is 2. The summed E-state index contributed by atoms with van der Waals surface area (Å²) in [7, 11) is 0. The number of carbonyl (C=O) groups is 2. The van der Waals surface area contributed by atoms with Crippen molar-refractivity contribution in [2.24, 2.45) is 5.73 Å². The van der Waals surface area contributed by atoms with Crippen LogP contribution in [0.3, 0.4) is 0 Å². The molecular formula is C23H25ClN4O2. The smallest absolute Gasteiger partial charge is 0.250 e. The third kappa shape index (κ3) is 3.33. The van der Waals surface area contributed by atoms with Crippen molar-refractivity contribution in [1.82, 2.24) is 10.3 Å². The number of benzene rings is 1. The number of fused-ring (bicyclic) bond motifs is 2. The van der Waals surface area contributed by atoms with Gasteiger partial charge >= 0.3 is 0 Å². The van der Waals surface area contributed by atoms with Crippen molar-refractivity contribution in [3.63, 3.8) is 0 Å². The van der Waals surface area contributed by atoms with Gasteiger partial charge in [0.05, 0.1) is 11.0 Å². The normalized spacial score (nSPS) is 26.3. The van der Waals surface area contributed by atoms with Gasteiger partial charge in [0, 0.05) is 29.3 Å². The van der Waals surface area contributed by atoms with Gasteiger partial charge < -0.3 is 16.0 Å². The Morgan fingerprint density at radius 1 is 1.13 bits per heavy atom. The van der Waals surface area contributed by atoms with E-state index in [4.69, 9.17) is 17.3 Å². The maximum absolute atomic E-state index is 13.2. The van der Waals surface area contributed by atoms with E-state index in [0.29, 0.717) is 22.7 Å². The minimum absolute atomic E-state index is 0.131. The Hall–Kier alpha value is -2.60. The molecule has 1 aliphatic carbocycles. The molecule has 3 aliphatic rings. The zero-order chi connectivity index (χ0) is 20.9. The predicted octanol–water partition coefficient (Wildman–Crippen LogP) is 3.18. The molecule has 1 aromatic carbocycles. The SMILES string of the molecule is NC(=O)c1ccc(N2[C@@H]3CC[C@H]2CC(NC(=O)C2(c4cccc(Cl)c4)CC2)C3)nc1. The second-order valence-electron chi connectivity index (χ2n) is 8.80. The third-order valence-corrected chi connectivity index (χ3v) is 7.16. The van der Waals surface area contributed by atoms with E-state index >= 15 is 0 Å². The molecule has 3 heterocycles. The number of nitrogens with two attached hydrogens (primary N) is 1. The number of halogens is 1. The van der Waals surface area contributed by atoms with E-state index in [-0.39, 0.29) is 11.9 Å². The highest BCUT2D eigenvalue weighted by molar-refractivity contribution is 6.30. The Morgan fingerprint density at radius 2 is 1.87 bits per heavy atom. The molecule has 1 aromatic heterocycles. The number of carbonyl (C=O) groups excluding carboxylic acids is 2. The summed E-state index contributed by atoms with van der Waals surface area (Å²) in [6.07, 6.45) is 7.31. The quantitative estimate of drug-likeness (QED) is 0.771. The highest BCUT2D eigenvalue weighted by Crippen LogP contribution is 2.49. The van der Waals surface area contributed by atoms with Crippen LogP contribution in [0.5, 0.6) is 0 Å². The topological polar surface area (TPSA) is 88.3 Å². The molecule has 6 nitrogen and oxygen atoms in total. The minimum atomic E-state index is -0.466. The van der Waals surface area contributed by atoms with E-state index in [1.54, 1.807) is 12.3 Å². The van der Waals surface area contributed by atoms with Gasteiger partial charge in [-0.05, 0) is 68.4 Å². The molecule has 0 spiro atoms. The molecule has 1 saturated carbocycles. The van der Waals surface area contributed by atoms with Gasteiger partial charge in [-0.15, -0.1) is 0 Å². The Labute approximate surface area is 180 Å². The number of amides is 2. The van der Waals surface area contributed by atoms with Crippen molar-refractivity contribution < 1.29 is 9.59 Å². The lowest BCUT2D eigenvalue weighted by molar-refractivity contribution is -0.124. The first-order chi connectivity index (χ1) is 14.5. The first kappa shape index (κ1) is 19.4. The molecular weight excluding hydrogens is 400 g/mol. The number of nitrogens with zero attached hydrogens (tertiary/aromatic N) is 2. The van der Waals surface area contributed by atoms with Crippen LogP contribution in [0.4, 0.5) is 5.82 Å². The van der Waals surface area contributed by atoms with Crippen LogP contribution in [0, 0.1) is 0 Å². The standard InChI is InChI=1S/C23H25ClN4O2/c24-16-3-1-2-15(10-16)23(8-9-23)22(30)27-17-11-18-5-6-19(12-17)28(18)20-7-4-14(13-26-20)21(25)29/h1-4,7,10,13,17-19H,5-6,8-9,11-12H2,(H2,25,29)(H,27,30)/t17?,18-,19+. The molecule has 0 radical (unpaired) electrons. The van der Waals surface area contributed by atoms with Crippen LogP contribution in [-0.4, -0.2) is 34.9 Å². The summed E-state index contributed by atoms with van der Waals surface area (Å²) in [6.45, 7) is 0. The highest BCUT2D eigenvalue weighted by Gasteiger charge is 2.52. The van der Waals surface area contributed by atoms with Gasteiger partial charge in [-0.1, -0.05) is 23.7 Å². The summed E-state index contributed by atoms with van der Waals surface area (Å²) in [5, 5.41) is 4.02. The molecule has 1 unspecified atom stereocenters. The van der Waals surface area contributed by atoms with Crippen molar-refractivity contribution in [2.75, 3.05) is 4.90 Å². The predicted molar refractivity (Wildman–Crippen MR) is 116 cm³/mol. The van der Waals surface area contributed by atoms with Crippen molar-refractivity contribution in [3.8, 4) is 0 Å². The monoisotopic (exact) mass is 424 g/mol. The lowest BCUT2D eigenvalue weighted by Crippen LogP contribution is -2.52. The van der Waals surface area contributed by atoms with E-state index in [0.717, 1.165) is 49.9 Å². The van der Waals surface area contributed by atoms with Crippen molar-refractivity contribution in [2.45, 2.75) is 62.1 Å². The summed E-state index contributed by atoms with van der Waals surface area (Å²) >= 11 is 6.15. The van der Waals surface area contributed by atoms with Crippen LogP contribution < -0.4 is 16.0 Å². The Bertz CT molecular complexity index is 975. The largest absolute Gasteiger partial charge is 0.366 e. The summed E-state index contributed by atoms with van der Waals surface area (Å²) in [6, 6.07) is 12.2. The number of piperidine rings is 1. The molecule has 2 aliphatic heterocycles. The number of aromatic nitrogens is 1. The van der Waals surface area contributed by atoms with Gasteiger partial charge in [0.2, 0.25) is 11.8 Å². The first-order valence-electron chi connectivity index (χ1n) is 10.6. The number of anilines is 1. The fourth-order valence-electron chi connectivity index (χ4n) is 5.24. The van der Waals surface area contributed by atoms with Gasteiger partial charge in [-0.25, -0.2) is 4.98 Å². The minimum Gasteiger partial charge on any atom is -0.366 e. The fourth-order valence-corrected chi connectivity index (χ4v) is 5.43. The molecule has 2 bridgehead atoms. The van der Waals surface area contributed by atoms with Crippen LogP contribution in [-0.2, 0) is 10.2 Å². The van der Waals surface area contributed by atoms with Gasteiger partial charge in [0.1, 0.15) is 5.82 Å². The second-order valence-corrected chi connectivity index (χ2v) is 9.23. The van der Waals surface area contributed by atoms with Crippen LogP contribution >= 0.6 is 11.6 Å². The maximum atomic E-state index is 13.2. The number of nitrogens with one attached hydrogen (secondary N) is 1. The lowest BCUT2D eigenvalue weighted by Gasteiger charge is -2.40. The number of primary amides is 1. The van der Waals surface area contributed by atoms with E-state index in [2.05, 4.69) is 15.2 Å². The molecule has 2 aromatic rings. The van der Waals surface area contributed by atoms with Crippen LogP contribution in [0.1, 0.15) is 54.4 Å². The average molecular weight is 425 g/mol. The van der Waals surface area contributed by atoms with E-state index in [9.17, 15) is 9.59 Å². The van der Waals surface area contributed by atoms with Crippen molar-refractivity contribution >= 4 is 29.2 Å². The van der Waals surface area contributed by atoms with Gasteiger partial charge in [-0.3, -0.25) is 9.59 Å². The highest BCUT2D eigenvalue weighted by atomic mass is 35.5. The van der Waals surface area contributed by atoms with E-state index in [1.807, 2.05) is 30.3 Å². The maximum Gasteiger partial charge on any atom is 0.250 e. The summed E-state index contributed by atoms with van der Waals surface area (Å²) in [5.41, 5.74) is 6.36. The average Bonchev–Trinajstić information content (AvgIpc) is 3.50. The Morgan fingerprint density at radius 3 is 2.43 bits per heavy atom. The zero-order valence-corrected chi connectivity index (χ0v) is 17.4. The molecule has 30 heavy (non-hydrogen) atoms. The summed E-state index contributed by atoms with van der Waals surface area (Å²) in [5.74, 6) is 0.550. The number of pyridine rings is 1. The van der Waals surface area contributed by atoms with Crippen molar-refractivity contribution in [3.05, 3.63) is 58.7 Å². The summed E-state index contributed by atoms with van der Waals surface area (Å²) in [4.78, 5) is 31.3. The van der Waals surface area contributed by atoms with Crippen LogP contribution in [0.25, 0.3) is 0 Å². The van der Waals surface area contributed by atoms with E-state index < -0.39 is 11.3 Å². The number of hydrogen-bond acceptors (Lipinski definition) is 4. The molecule has 3 fully saturated rings. The fraction of sp³-hybridized carbons (Fsp3) is 0.435. The second kappa shape index (κ2) is 7.27. The van der Waals surface area contributed by atoms with Gasteiger partial charge in [0.25, 0.3) is 0 Å². The summed E-state index contributed by atoms with van der Waals surface area (Å²) < 4.78 is 0. The van der Waals surface area contributed by atoms with Gasteiger partial charge in [0.15, 0.2) is 0 Å². The molecule has 2 amide bonds. The third-order valence-electron chi connectivity index (χ3n) is 6.93. The molecule has 5 rings (SSSR count).